The van der Waals surface area contributed by atoms with Crippen LogP contribution in [0.25, 0.3) is 0 Å². The molecule has 2 unspecified atom stereocenters. The summed E-state index contributed by atoms with van der Waals surface area (Å²) < 4.78 is 11.4. The number of rotatable bonds is 6. The Balaban J connectivity index is 1.72. The van der Waals surface area contributed by atoms with Crippen LogP contribution >= 0.6 is 0 Å². The quantitative estimate of drug-likeness (QED) is 0.814. The number of aromatic carboxylic acids is 1. The Bertz CT molecular complexity index is 462. The van der Waals surface area contributed by atoms with Gasteiger partial charge >= 0.3 is 5.97 Å². The van der Waals surface area contributed by atoms with Crippen molar-refractivity contribution in [2.24, 2.45) is 11.8 Å². The van der Waals surface area contributed by atoms with Gasteiger partial charge in [-0.1, -0.05) is 19.9 Å². The lowest BCUT2D eigenvalue weighted by Gasteiger charge is -2.31. The van der Waals surface area contributed by atoms with Crippen LogP contribution in [0.1, 0.15) is 43.5 Å². The first-order chi connectivity index (χ1) is 10.0. The molecule has 0 bridgehead atoms. The fourth-order valence-electron chi connectivity index (χ4n) is 3.10. The first-order valence-electron chi connectivity index (χ1n) is 7.62. The normalized spacial score (nSPS) is 25.5. The van der Waals surface area contributed by atoms with Crippen LogP contribution in [0.2, 0.25) is 0 Å². The van der Waals surface area contributed by atoms with E-state index in [1.54, 1.807) is 18.2 Å². The third-order valence-electron chi connectivity index (χ3n) is 3.92. The highest BCUT2D eigenvalue weighted by atomic mass is 16.5. The minimum Gasteiger partial charge on any atom is -0.491 e. The van der Waals surface area contributed by atoms with E-state index in [9.17, 15) is 4.79 Å². The van der Waals surface area contributed by atoms with Crippen LogP contribution in [0.5, 0.6) is 5.75 Å². The van der Waals surface area contributed by atoms with Crippen molar-refractivity contribution in [2.75, 3.05) is 13.2 Å². The summed E-state index contributed by atoms with van der Waals surface area (Å²) in [5.74, 6) is 1.09. The van der Waals surface area contributed by atoms with Gasteiger partial charge in [0, 0.05) is 0 Å². The highest BCUT2D eigenvalue weighted by Gasteiger charge is 2.24. The van der Waals surface area contributed by atoms with Crippen molar-refractivity contribution < 1.29 is 19.4 Å². The molecule has 1 aliphatic carbocycles. The monoisotopic (exact) mass is 292 g/mol. The number of carbonyl (C=O) groups is 1. The Kier molecular flexibility index (Phi) is 5.62. The van der Waals surface area contributed by atoms with Crippen LogP contribution in [0.15, 0.2) is 24.3 Å². The maximum atomic E-state index is 10.9. The van der Waals surface area contributed by atoms with Gasteiger partial charge in [-0.2, -0.15) is 0 Å². The molecule has 0 saturated heterocycles. The van der Waals surface area contributed by atoms with E-state index in [2.05, 4.69) is 13.8 Å². The predicted molar refractivity (Wildman–Crippen MR) is 80.8 cm³/mol. The molecule has 0 amide bonds. The van der Waals surface area contributed by atoms with E-state index in [1.807, 2.05) is 0 Å². The third kappa shape index (κ3) is 5.05. The second-order valence-electron chi connectivity index (χ2n) is 6.09. The van der Waals surface area contributed by atoms with Crippen LogP contribution in [0.3, 0.4) is 0 Å². The number of benzene rings is 1. The van der Waals surface area contributed by atoms with Gasteiger partial charge in [-0.3, -0.25) is 0 Å². The molecule has 2 atom stereocenters. The fraction of sp³-hybridized carbons (Fsp3) is 0.588. The average Bonchev–Trinajstić information content (AvgIpc) is 2.43. The van der Waals surface area contributed by atoms with E-state index < -0.39 is 5.97 Å². The van der Waals surface area contributed by atoms with Crippen LogP contribution < -0.4 is 4.74 Å². The summed E-state index contributed by atoms with van der Waals surface area (Å²) in [6.07, 6.45) is 3.87. The summed E-state index contributed by atoms with van der Waals surface area (Å²) in [5, 5.41) is 8.92. The van der Waals surface area contributed by atoms with Gasteiger partial charge in [0.1, 0.15) is 12.4 Å². The second-order valence-corrected chi connectivity index (χ2v) is 6.09. The van der Waals surface area contributed by atoms with Gasteiger partial charge in [0.2, 0.25) is 0 Å². The molecule has 2 rings (SSSR count). The highest BCUT2D eigenvalue weighted by molar-refractivity contribution is 5.87. The molecule has 21 heavy (non-hydrogen) atoms. The van der Waals surface area contributed by atoms with E-state index in [4.69, 9.17) is 14.6 Å². The lowest BCUT2D eigenvalue weighted by Crippen LogP contribution is -2.27. The maximum absolute atomic E-state index is 10.9. The van der Waals surface area contributed by atoms with Gasteiger partial charge < -0.3 is 14.6 Å². The third-order valence-corrected chi connectivity index (χ3v) is 3.92. The molecule has 4 nitrogen and oxygen atoms in total. The van der Waals surface area contributed by atoms with E-state index in [1.165, 1.54) is 12.5 Å². The largest absolute Gasteiger partial charge is 0.491 e. The molecule has 1 aromatic rings. The zero-order valence-corrected chi connectivity index (χ0v) is 12.7. The van der Waals surface area contributed by atoms with Crippen LogP contribution in [0.4, 0.5) is 0 Å². The van der Waals surface area contributed by atoms with Crippen molar-refractivity contribution >= 4 is 5.97 Å². The number of carboxylic acids is 1. The van der Waals surface area contributed by atoms with Gasteiger partial charge in [0.05, 0.1) is 18.3 Å². The summed E-state index contributed by atoms with van der Waals surface area (Å²) in [4.78, 5) is 10.9. The summed E-state index contributed by atoms with van der Waals surface area (Å²) in [5.41, 5.74) is 0.239. The topological polar surface area (TPSA) is 55.8 Å². The summed E-state index contributed by atoms with van der Waals surface area (Å²) in [6.45, 7) is 5.55. The van der Waals surface area contributed by atoms with Crippen molar-refractivity contribution in [3.8, 4) is 5.75 Å². The van der Waals surface area contributed by atoms with Crippen molar-refractivity contribution in [1.29, 1.82) is 0 Å². The van der Waals surface area contributed by atoms with Gasteiger partial charge in [-0.25, -0.2) is 4.79 Å². The molecule has 1 saturated carbocycles. The Morgan fingerprint density at radius 2 is 1.90 bits per heavy atom. The minimum atomic E-state index is -0.943. The predicted octanol–water partition coefficient (Wildman–Crippen LogP) is 3.60. The van der Waals surface area contributed by atoms with E-state index in [-0.39, 0.29) is 5.56 Å². The van der Waals surface area contributed by atoms with Crippen molar-refractivity contribution in [1.82, 2.24) is 0 Å². The molecule has 0 spiro atoms. The summed E-state index contributed by atoms with van der Waals surface area (Å²) in [6, 6.07) is 6.53. The van der Waals surface area contributed by atoms with Crippen LogP contribution in [-0.2, 0) is 4.74 Å². The fourth-order valence-corrected chi connectivity index (χ4v) is 3.10. The number of ether oxygens (including phenoxy) is 2. The zero-order chi connectivity index (χ0) is 15.2. The average molecular weight is 292 g/mol. The molecule has 0 aromatic heterocycles. The van der Waals surface area contributed by atoms with Gasteiger partial charge in [-0.15, -0.1) is 0 Å². The standard InChI is InChI=1S/C17H24O4/c1-12-8-13(2)10-16(9-12)21-7-6-20-15-5-3-4-14(11-15)17(18)19/h3-5,11-13,16H,6-10H2,1-2H3,(H,18,19). The van der Waals surface area contributed by atoms with Gasteiger partial charge in [0.25, 0.3) is 0 Å². The van der Waals surface area contributed by atoms with E-state index >= 15 is 0 Å². The summed E-state index contributed by atoms with van der Waals surface area (Å²) in [7, 11) is 0. The SMILES string of the molecule is CC1CC(C)CC(OCCOc2cccc(C(=O)O)c2)C1. The number of carboxylic acid groups (broad SMARTS) is 1. The molecule has 4 heteroatoms. The highest BCUT2D eigenvalue weighted by Crippen LogP contribution is 2.30. The molecule has 1 N–H and O–H groups in total. The molecule has 0 radical (unpaired) electrons. The second kappa shape index (κ2) is 7.46. The number of hydrogen-bond donors (Lipinski definition) is 1. The van der Waals surface area contributed by atoms with Crippen LogP contribution in [0, 0.1) is 11.8 Å². The van der Waals surface area contributed by atoms with Crippen molar-refractivity contribution in [2.45, 2.75) is 39.2 Å². The lowest BCUT2D eigenvalue weighted by molar-refractivity contribution is -0.0107. The van der Waals surface area contributed by atoms with E-state index in [0.29, 0.717) is 25.1 Å². The number of hydrogen-bond acceptors (Lipinski definition) is 3. The molecule has 1 fully saturated rings. The molecule has 0 aliphatic heterocycles. The van der Waals surface area contributed by atoms with E-state index in [0.717, 1.165) is 24.7 Å². The smallest absolute Gasteiger partial charge is 0.335 e. The first-order valence-corrected chi connectivity index (χ1v) is 7.62. The van der Waals surface area contributed by atoms with Gasteiger partial charge in [0.15, 0.2) is 0 Å². The Hall–Kier alpha value is -1.55. The van der Waals surface area contributed by atoms with Gasteiger partial charge in [-0.05, 0) is 49.3 Å². The van der Waals surface area contributed by atoms with Crippen molar-refractivity contribution in [3.63, 3.8) is 0 Å². The maximum Gasteiger partial charge on any atom is 0.335 e. The minimum absolute atomic E-state index is 0.239. The molecule has 0 heterocycles. The summed E-state index contributed by atoms with van der Waals surface area (Å²) >= 11 is 0. The Labute approximate surface area is 126 Å². The molecular weight excluding hydrogens is 268 g/mol. The zero-order valence-electron chi connectivity index (χ0n) is 12.7. The molecular formula is C17H24O4. The first kappa shape index (κ1) is 15.8. The Morgan fingerprint density at radius 3 is 2.57 bits per heavy atom. The molecule has 1 aliphatic rings. The molecule has 1 aromatic carbocycles. The van der Waals surface area contributed by atoms with Crippen molar-refractivity contribution in [3.05, 3.63) is 29.8 Å². The lowest BCUT2D eigenvalue weighted by atomic mass is 9.82. The molecule has 116 valence electrons. The Morgan fingerprint density at radius 1 is 1.19 bits per heavy atom. The van der Waals surface area contributed by atoms with Crippen LogP contribution in [-0.4, -0.2) is 30.4 Å².